The van der Waals surface area contributed by atoms with Gasteiger partial charge in [-0.3, -0.25) is 9.59 Å². The summed E-state index contributed by atoms with van der Waals surface area (Å²) in [4.78, 5) is 22.7. The van der Waals surface area contributed by atoms with Gasteiger partial charge in [-0.25, -0.2) is 0 Å². The van der Waals surface area contributed by atoms with Crippen molar-refractivity contribution in [2.75, 3.05) is 6.54 Å². The van der Waals surface area contributed by atoms with Crippen molar-refractivity contribution in [3.63, 3.8) is 0 Å². The van der Waals surface area contributed by atoms with E-state index >= 15 is 0 Å². The largest absolute Gasteiger partial charge is 0.481 e. The highest BCUT2D eigenvalue weighted by Crippen LogP contribution is 2.48. The molecule has 20 heavy (non-hydrogen) atoms. The van der Waals surface area contributed by atoms with Crippen molar-refractivity contribution in [1.29, 1.82) is 0 Å². The lowest BCUT2D eigenvalue weighted by atomic mass is 9.93. The predicted octanol–water partition coefficient (Wildman–Crippen LogP) is 2.40. The molecule has 4 nitrogen and oxygen atoms in total. The molecule has 0 atom stereocenters. The van der Waals surface area contributed by atoms with Gasteiger partial charge in [0.15, 0.2) is 0 Å². The third-order valence-corrected chi connectivity index (χ3v) is 3.86. The topological polar surface area (TPSA) is 66.4 Å². The van der Waals surface area contributed by atoms with E-state index in [0.29, 0.717) is 19.4 Å². The van der Waals surface area contributed by atoms with Gasteiger partial charge in [0.05, 0.1) is 5.41 Å². The van der Waals surface area contributed by atoms with Crippen LogP contribution >= 0.6 is 0 Å². The molecule has 2 rings (SSSR count). The van der Waals surface area contributed by atoms with Crippen molar-refractivity contribution >= 4 is 11.9 Å². The molecule has 2 N–H and O–H groups in total. The van der Waals surface area contributed by atoms with Crippen molar-refractivity contribution in [2.45, 2.75) is 44.4 Å². The van der Waals surface area contributed by atoms with E-state index in [4.69, 9.17) is 5.11 Å². The summed E-state index contributed by atoms with van der Waals surface area (Å²) < 4.78 is 0. The van der Waals surface area contributed by atoms with Gasteiger partial charge in [0, 0.05) is 13.0 Å². The van der Waals surface area contributed by atoms with Gasteiger partial charge < -0.3 is 10.4 Å². The Kier molecular flexibility index (Phi) is 4.42. The second-order valence-corrected chi connectivity index (χ2v) is 5.56. The van der Waals surface area contributed by atoms with Crippen LogP contribution in [0.5, 0.6) is 0 Å². The van der Waals surface area contributed by atoms with E-state index in [1.807, 2.05) is 25.1 Å². The van der Waals surface area contributed by atoms with Crippen LogP contribution in [0.1, 0.15) is 43.2 Å². The number of carbonyl (C=O) groups is 2. The fourth-order valence-corrected chi connectivity index (χ4v) is 2.49. The minimum Gasteiger partial charge on any atom is -0.481 e. The molecule has 1 aromatic carbocycles. The Morgan fingerprint density at radius 1 is 1.30 bits per heavy atom. The quantitative estimate of drug-likeness (QED) is 0.751. The molecule has 1 fully saturated rings. The molecule has 1 saturated carbocycles. The lowest BCUT2D eigenvalue weighted by molar-refractivity contribution is -0.137. The van der Waals surface area contributed by atoms with Crippen LogP contribution in [0, 0.1) is 6.92 Å². The zero-order valence-corrected chi connectivity index (χ0v) is 11.8. The van der Waals surface area contributed by atoms with Crippen LogP contribution in [-0.4, -0.2) is 23.5 Å². The lowest BCUT2D eigenvalue weighted by Gasteiger charge is -2.16. The Balaban J connectivity index is 1.85. The number of aryl methyl sites for hydroxylation is 1. The second-order valence-electron chi connectivity index (χ2n) is 5.56. The molecule has 0 aliphatic heterocycles. The molecular weight excluding hydrogens is 254 g/mol. The first kappa shape index (κ1) is 14.6. The SMILES string of the molecule is Cc1cccc(C2(C(=O)NCCCCC(=O)O)CC2)c1. The van der Waals surface area contributed by atoms with Crippen molar-refractivity contribution in [2.24, 2.45) is 0 Å². The molecule has 0 spiro atoms. The summed E-state index contributed by atoms with van der Waals surface area (Å²) in [6.07, 6.45) is 3.28. The van der Waals surface area contributed by atoms with Crippen molar-refractivity contribution in [3.05, 3.63) is 35.4 Å². The zero-order chi connectivity index (χ0) is 14.6. The Morgan fingerprint density at radius 2 is 2.05 bits per heavy atom. The molecule has 108 valence electrons. The summed E-state index contributed by atoms with van der Waals surface area (Å²) in [6, 6.07) is 8.12. The van der Waals surface area contributed by atoms with Gasteiger partial charge >= 0.3 is 5.97 Å². The molecule has 1 amide bonds. The number of carboxylic acids is 1. The highest BCUT2D eigenvalue weighted by atomic mass is 16.4. The molecule has 0 aromatic heterocycles. The number of hydrogen-bond donors (Lipinski definition) is 2. The van der Waals surface area contributed by atoms with Crippen molar-refractivity contribution in [3.8, 4) is 0 Å². The van der Waals surface area contributed by atoms with Gasteiger partial charge in [0.1, 0.15) is 0 Å². The summed E-state index contributed by atoms with van der Waals surface area (Å²) in [5.41, 5.74) is 1.93. The van der Waals surface area contributed by atoms with E-state index < -0.39 is 5.97 Å². The van der Waals surface area contributed by atoms with Crippen LogP contribution in [0.4, 0.5) is 0 Å². The molecule has 0 heterocycles. The number of unbranched alkanes of at least 4 members (excludes halogenated alkanes) is 1. The normalized spacial score (nSPS) is 15.7. The maximum Gasteiger partial charge on any atom is 0.303 e. The summed E-state index contributed by atoms with van der Waals surface area (Å²) in [7, 11) is 0. The standard InChI is InChI=1S/C16H21NO3/c1-12-5-4-6-13(11-12)16(8-9-16)15(20)17-10-3-2-7-14(18)19/h4-6,11H,2-3,7-10H2,1H3,(H,17,20)(H,18,19). The fraction of sp³-hybridized carbons (Fsp3) is 0.500. The monoisotopic (exact) mass is 275 g/mol. The third kappa shape index (κ3) is 3.38. The predicted molar refractivity (Wildman–Crippen MR) is 76.6 cm³/mol. The van der Waals surface area contributed by atoms with Crippen molar-refractivity contribution in [1.82, 2.24) is 5.32 Å². The van der Waals surface area contributed by atoms with Crippen LogP contribution in [0.2, 0.25) is 0 Å². The second kappa shape index (κ2) is 6.07. The van der Waals surface area contributed by atoms with E-state index in [2.05, 4.69) is 11.4 Å². The van der Waals surface area contributed by atoms with E-state index in [-0.39, 0.29) is 17.7 Å². The van der Waals surface area contributed by atoms with Crippen LogP contribution in [0.3, 0.4) is 0 Å². The molecule has 1 aliphatic carbocycles. The summed E-state index contributed by atoms with van der Waals surface area (Å²) >= 11 is 0. The molecular formula is C16H21NO3. The van der Waals surface area contributed by atoms with Gasteiger partial charge in [-0.1, -0.05) is 29.8 Å². The van der Waals surface area contributed by atoms with Crippen LogP contribution in [0.25, 0.3) is 0 Å². The number of amides is 1. The summed E-state index contributed by atoms with van der Waals surface area (Å²) in [6.45, 7) is 2.59. The molecule has 0 radical (unpaired) electrons. The van der Waals surface area contributed by atoms with E-state index in [1.54, 1.807) is 0 Å². The van der Waals surface area contributed by atoms with E-state index in [0.717, 1.165) is 18.4 Å². The average molecular weight is 275 g/mol. The van der Waals surface area contributed by atoms with Gasteiger partial charge in [0.25, 0.3) is 0 Å². The number of nitrogens with one attached hydrogen (secondary N) is 1. The fourth-order valence-electron chi connectivity index (χ4n) is 2.49. The first-order valence-corrected chi connectivity index (χ1v) is 7.12. The maximum absolute atomic E-state index is 12.3. The van der Waals surface area contributed by atoms with Gasteiger partial charge in [-0.15, -0.1) is 0 Å². The van der Waals surface area contributed by atoms with E-state index in [9.17, 15) is 9.59 Å². The molecule has 1 aromatic rings. The number of carbonyl (C=O) groups excluding carboxylic acids is 1. The number of hydrogen-bond acceptors (Lipinski definition) is 2. The number of carboxylic acid groups (broad SMARTS) is 1. The first-order valence-electron chi connectivity index (χ1n) is 7.12. The Labute approximate surface area is 119 Å². The number of aliphatic carboxylic acids is 1. The van der Waals surface area contributed by atoms with Crippen LogP contribution in [-0.2, 0) is 15.0 Å². The Morgan fingerprint density at radius 3 is 2.65 bits per heavy atom. The first-order chi connectivity index (χ1) is 9.54. The number of rotatable bonds is 7. The average Bonchev–Trinajstić information content (AvgIpc) is 3.19. The van der Waals surface area contributed by atoms with Gasteiger partial charge in [-0.2, -0.15) is 0 Å². The smallest absolute Gasteiger partial charge is 0.303 e. The third-order valence-electron chi connectivity index (χ3n) is 3.86. The molecule has 4 heteroatoms. The Hall–Kier alpha value is -1.84. The minimum absolute atomic E-state index is 0.0819. The summed E-state index contributed by atoms with van der Waals surface area (Å²) in [5.74, 6) is -0.701. The van der Waals surface area contributed by atoms with Crippen molar-refractivity contribution < 1.29 is 14.7 Å². The molecule has 0 saturated heterocycles. The lowest BCUT2D eigenvalue weighted by Crippen LogP contribution is -2.35. The Bertz CT molecular complexity index is 506. The van der Waals surface area contributed by atoms with E-state index in [1.165, 1.54) is 5.56 Å². The maximum atomic E-state index is 12.3. The van der Waals surface area contributed by atoms with Gasteiger partial charge in [0.2, 0.25) is 5.91 Å². The molecule has 1 aliphatic rings. The summed E-state index contributed by atoms with van der Waals surface area (Å²) in [5, 5.41) is 11.5. The molecule has 0 unspecified atom stereocenters. The number of benzene rings is 1. The van der Waals surface area contributed by atoms with Crippen LogP contribution < -0.4 is 5.32 Å². The minimum atomic E-state index is -0.783. The van der Waals surface area contributed by atoms with Gasteiger partial charge in [-0.05, 0) is 38.2 Å². The molecule has 0 bridgehead atoms. The highest BCUT2D eigenvalue weighted by Gasteiger charge is 2.50. The zero-order valence-electron chi connectivity index (χ0n) is 11.8. The van der Waals surface area contributed by atoms with Crippen LogP contribution in [0.15, 0.2) is 24.3 Å². The highest BCUT2D eigenvalue weighted by molar-refractivity contribution is 5.91.